The van der Waals surface area contributed by atoms with Crippen LogP contribution >= 0.6 is 0 Å². The number of aromatic nitrogens is 4. The maximum absolute atomic E-state index is 12.6. The topological polar surface area (TPSA) is 88.3 Å². The van der Waals surface area contributed by atoms with E-state index >= 15 is 0 Å². The van der Waals surface area contributed by atoms with Crippen molar-refractivity contribution in [2.75, 3.05) is 43.1 Å². The highest BCUT2D eigenvalue weighted by molar-refractivity contribution is 5.91. The van der Waals surface area contributed by atoms with E-state index in [4.69, 9.17) is 9.84 Å². The van der Waals surface area contributed by atoms with Crippen LogP contribution < -0.4 is 10.2 Å². The molecule has 1 aromatic carbocycles. The van der Waals surface area contributed by atoms with Gasteiger partial charge in [0.15, 0.2) is 5.65 Å². The highest BCUT2D eigenvalue weighted by atomic mass is 19.4. The number of rotatable bonds is 6. The van der Waals surface area contributed by atoms with Crippen molar-refractivity contribution in [3.63, 3.8) is 0 Å². The van der Waals surface area contributed by atoms with E-state index in [1.807, 2.05) is 16.8 Å². The van der Waals surface area contributed by atoms with Crippen LogP contribution in [0, 0.1) is 0 Å². The van der Waals surface area contributed by atoms with Crippen molar-refractivity contribution in [1.29, 1.82) is 0 Å². The van der Waals surface area contributed by atoms with Gasteiger partial charge in [0.1, 0.15) is 5.69 Å². The number of hydrogen-bond acceptors (Lipinski definition) is 7. The maximum Gasteiger partial charge on any atom is 0.390 e. The van der Waals surface area contributed by atoms with Crippen molar-refractivity contribution >= 4 is 22.7 Å². The van der Waals surface area contributed by atoms with Gasteiger partial charge in [-0.15, -0.1) is 0 Å². The summed E-state index contributed by atoms with van der Waals surface area (Å²) in [5, 5.41) is 18.3. The molecule has 3 heterocycles. The predicted molar refractivity (Wildman–Crippen MR) is 126 cm³/mol. The fourth-order valence-corrected chi connectivity index (χ4v) is 4.75. The molecule has 1 aliphatic heterocycles. The molecule has 35 heavy (non-hydrogen) atoms. The lowest BCUT2D eigenvalue weighted by Gasteiger charge is -2.28. The third-order valence-corrected chi connectivity index (χ3v) is 6.67. The number of alkyl halides is 3. The molecular weight excluding hydrogens is 461 g/mol. The Kier molecular flexibility index (Phi) is 6.79. The van der Waals surface area contributed by atoms with E-state index in [2.05, 4.69) is 32.3 Å². The fraction of sp³-hybridized carbons (Fsp3) is 0.542. The minimum atomic E-state index is -4.25. The number of anilines is 2. The zero-order valence-electron chi connectivity index (χ0n) is 19.3. The predicted octanol–water partition coefficient (Wildman–Crippen LogP) is 4.17. The summed E-state index contributed by atoms with van der Waals surface area (Å²) in [6.07, 6.45) is -1.02. The molecule has 1 aliphatic carbocycles. The van der Waals surface area contributed by atoms with Gasteiger partial charge in [0.05, 0.1) is 37.2 Å². The molecule has 0 amide bonds. The van der Waals surface area contributed by atoms with Crippen molar-refractivity contribution in [1.82, 2.24) is 19.7 Å². The molecule has 11 heteroatoms. The van der Waals surface area contributed by atoms with Crippen LogP contribution in [0.2, 0.25) is 0 Å². The van der Waals surface area contributed by atoms with Crippen LogP contribution in [0.1, 0.15) is 38.1 Å². The maximum atomic E-state index is 12.6. The zero-order chi connectivity index (χ0) is 24.4. The molecular formula is C24H29F3N6O2. The molecule has 0 bridgehead atoms. The standard InChI is InChI=1S/C24H29F3N6O2/c25-24(26,27)9-10-28-23-29-15-20-21(16-1-3-17(4-2-16)32-11-13-35-14-12-32)31-33(22(20)30-23)18-5-7-19(34)8-6-18/h1-4,15,18-19,34H,5-14H2,(H,28,29,30)/t18-,19-. The number of fused-ring (bicyclic) bond motifs is 1. The van der Waals surface area contributed by atoms with Crippen LogP contribution in [0.25, 0.3) is 22.3 Å². The smallest absolute Gasteiger partial charge is 0.390 e. The molecule has 2 aromatic heterocycles. The highest BCUT2D eigenvalue weighted by Gasteiger charge is 2.27. The number of halogens is 3. The number of aliphatic hydroxyl groups is 1. The van der Waals surface area contributed by atoms with E-state index in [9.17, 15) is 18.3 Å². The summed E-state index contributed by atoms with van der Waals surface area (Å²) in [7, 11) is 0. The molecule has 1 saturated heterocycles. The van der Waals surface area contributed by atoms with Crippen LogP contribution in [0.4, 0.5) is 24.8 Å². The second kappa shape index (κ2) is 9.98. The first-order valence-electron chi connectivity index (χ1n) is 12.0. The third-order valence-electron chi connectivity index (χ3n) is 6.67. The van der Waals surface area contributed by atoms with Crippen molar-refractivity contribution < 1.29 is 23.0 Å². The van der Waals surface area contributed by atoms with Gasteiger partial charge >= 0.3 is 6.18 Å². The quantitative estimate of drug-likeness (QED) is 0.536. The molecule has 2 N–H and O–H groups in total. The Morgan fingerprint density at radius 3 is 2.46 bits per heavy atom. The van der Waals surface area contributed by atoms with Crippen LogP contribution in [0.15, 0.2) is 30.5 Å². The number of benzene rings is 1. The highest BCUT2D eigenvalue weighted by Crippen LogP contribution is 2.35. The SMILES string of the molecule is O[C@H]1CC[C@H](n2nc(-c3ccc(N4CCOCC4)cc3)c3cnc(NCCC(F)(F)F)nc32)CC1. The van der Waals surface area contributed by atoms with Crippen LogP contribution in [0.5, 0.6) is 0 Å². The van der Waals surface area contributed by atoms with Gasteiger partial charge in [0.25, 0.3) is 0 Å². The largest absolute Gasteiger partial charge is 0.393 e. The molecule has 0 spiro atoms. The van der Waals surface area contributed by atoms with E-state index in [1.165, 1.54) is 0 Å². The van der Waals surface area contributed by atoms with E-state index in [1.54, 1.807) is 6.20 Å². The van der Waals surface area contributed by atoms with Crippen molar-refractivity contribution in [2.24, 2.45) is 0 Å². The molecule has 2 fully saturated rings. The van der Waals surface area contributed by atoms with Gasteiger partial charge in [0, 0.05) is 37.1 Å². The van der Waals surface area contributed by atoms with Gasteiger partial charge in [-0.05, 0) is 37.8 Å². The van der Waals surface area contributed by atoms with Gasteiger partial charge in [-0.25, -0.2) is 9.67 Å². The summed E-state index contributed by atoms with van der Waals surface area (Å²) >= 11 is 0. The lowest BCUT2D eigenvalue weighted by Crippen LogP contribution is -2.36. The van der Waals surface area contributed by atoms with Gasteiger partial charge in [-0.1, -0.05) is 12.1 Å². The van der Waals surface area contributed by atoms with Crippen LogP contribution in [-0.4, -0.2) is 70.0 Å². The number of nitrogens with zero attached hydrogens (tertiary/aromatic N) is 5. The summed E-state index contributed by atoms with van der Waals surface area (Å²) in [6, 6.07) is 8.24. The summed E-state index contributed by atoms with van der Waals surface area (Å²) in [4.78, 5) is 11.1. The summed E-state index contributed by atoms with van der Waals surface area (Å²) < 4.78 is 45.0. The molecule has 188 valence electrons. The number of morpholine rings is 1. The molecule has 0 unspecified atom stereocenters. The summed E-state index contributed by atoms with van der Waals surface area (Å²) in [5.41, 5.74) is 3.36. The average molecular weight is 491 g/mol. The summed E-state index contributed by atoms with van der Waals surface area (Å²) in [5.74, 6) is 0.146. The van der Waals surface area contributed by atoms with E-state index < -0.39 is 12.6 Å². The second-order valence-corrected chi connectivity index (χ2v) is 9.12. The van der Waals surface area contributed by atoms with Gasteiger partial charge < -0.3 is 20.1 Å². The van der Waals surface area contributed by atoms with Crippen molar-refractivity contribution in [3.8, 4) is 11.3 Å². The Bertz CT molecular complexity index is 1140. The number of ether oxygens (including phenoxy) is 1. The number of hydrogen-bond donors (Lipinski definition) is 2. The van der Waals surface area contributed by atoms with Crippen molar-refractivity contribution in [2.45, 2.75) is 50.4 Å². The minimum Gasteiger partial charge on any atom is -0.393 e. The zero-order valence-corrected chi connectivity index (χ0v) is 19.3. The summed E-state index contributed by atoms with van der Waals surface area (Å²) in [6.45, 7) is 2.83. The molecule has 1 saturated carbocycles. The first-order valence-corrected chi connectivity index (χ1v) is 12.0. The lowest BCUT2D eigenvalue weighted by atomic mass is 9.93. The normalized spacial score (nSPS) is 21.4. The molecule has 0 atom stereocenters. The van der Waals surface area contributed by atoms with E-state index in [-0.39, 0.29) is 24.6 Å². The molecule has 0 radical (unpaired) electrons. The average Bonchev–Trinajstić information content (AvgIpc) is 3.23. The Labute approximate surface area is 201 Å². The van der Waals surface area contributed by atoms with Gasteiger partial charge in [-0.3, -0.25) is 0 Å². The van der Waals surface area contributed by atoms with Gasteiger partial charge in [-0.2, -0.15) is 23.3 Å². The Balaban J connectivity index is 1.46. The molecule has 8 nitrogen and oxygen atoms in total. The van der Waals surface area contributed by atoms with Crippen LogP contribution in [-0.2, 0) is 4.74 Å². The van der Waals surface area contributed by atoms with Crippen molar-refractivity contribution in [3.05, 3.63) is 30.5 Å². The van der Waals surface area contributed by atoms with Crippen LogP contribution in [0.3, 0.4) is 0 Å². The Morgan fingerprint density at radius 1 is 1.06 bits per heavy atom. The second-order valence-electron chi connectivity index (χ2n) is 9.12. The Hall–Kier alpha value is -2.92. The van der Waals surface area contributed by atoms with E-state index in [0.717, 1.165) is 48.3 Å². The monoisotopic (exact) mass is 490 g/mol. The lowest BCUT2D eigenvalue weighted by molar-refractivity contribution is -0.131. The first kappa shape index (κ1) is 23.8. The first-order chi connectivity index (χ1) is 16.9. The molecule has 2 aliphatic rings. The fourth-order valence-electron chi connectivity index (χ4n) is 4.75. The van der Waals surface area contributed by atoms with E-state index in [0.29, 0.717) is 31.7 Å². The minimum absolute atomic E-state index is 0.0557. The molecule has 5 rings (SSSR count). The molecule has 3 aromatic rings. The number of nitrogens with one attached hydrogen (secondary N) is 1. The third kappa shape index (κ3) is 5.51. The Morgan fingerprint density at radius 2 is 1.77 bits per heavy atom. The van der Waals surface area contributed by atoms with Gasteiger partial charge in [0.2, 0.25) is 5.95 Å². The number of aliphatic hydroxyl groups excluding tert-OH is 1.